The fraction of sp³-hybridized carbons (Fsp3) is 0.348. The van der Waals surface area contributed by atoms with E-state index in [4.69, 9.17) is 4.74 Å². The van der Waals surface area contributed by atoms with Gasteiger partial charge in [-0.05, 0) is 29.8 Å². The molecule has 7 heteroatoms. The molecule has 154 valence electrons. The van der Waals surface area contributed by atoms with Crippen molar-refractivity contribution in [3.05, 3.63) is 77.9 Å². The van der Waals surface area contributed by atoms with Crippen LogP contribution in [0.15, 0.2) is 60.8 Å². The lowest BCUT2D eigenvalue weighted by Gasteiger charge is -2.27. The zero-order valence-electron chi connectivity index (χ0n) is 16.6. The summed E-state index contributed by atoms with van der Waals surface area (Å²) < 4.78 is 19.4. The third-order valence-corrected chi connectivity index (χ3v) is 6.25. The molecule has 2 amide bonds. The number of halogens is 1. The van der Waals surface area contributed by atoms with Gasteiger partial charge in [0.15, 0.2) is 0 Å². The zero-order chi connectivity index (χ0) is 20.9. The van der Waals surface area contributed by atoms with Crippen LogP contribution in [0.4, 0.5) is 4.39 Å². The quantitative estimate of drug-likeness (QED) is 0.713. The van der Waals surface area contributed by atoms with E-state index in [1.165, 1.54) is 12.1 Å². The molecule has 1 spiro atoms. The Hall–Kier alpha value is -3.06. The van der Waals surface area contributed by atoms with E-state index < -0.39 is 17.4 Å². The lowest BCUT2D eigenvalue weighted by atomic mass is 9.76. The minimum atomic E-state index is -0.756. The van der Waals surface area contributed by atoms with Crippen molar-refractivity contribution in [1.29, 1.82) is 0 Å². The molecule has 1 aromatic carbocycles. The van der Waals surface area contributed by atoms with Crippen molar-refractivity contribution in [3.8, 4) is 0 Å². The Morgan fingerprint density at radius 1 is 1.30 bits per heavy atom. The summed E-state index contributed by atoms with van der Waals surface area (Å²) in [5.41, 5.74) is 0.877. The van der Waals surface area contributed by atoms with E-state index >= 15 is 0 Å². The first kappa shape index (κ1) is 18.9. The molecule has 0 unspecified atom stereocenters. The molecule has 2 aromatic rings. The van der Waals surface area contributed by atoms with Crippen LogP contribution in [-0.4, -0.2) is 51.9 Å². The van der Waals surface area contributed by atoms with Gasteiger partial charge in [0.25, 0.3) is 0 Å². The van der Waals surface area contributed by atoms with Crippen LogP contribution in [0.25, 0.3) is 0 Å². The van der Waals surface area contributed by atoms with Crippen molar-refractivity contribution in [1.82, 2.24) is 14.8 Å². The van der Waals surface area contributed by atoms with Gasteiger partial charge < -0.3 is 14.5 Å². The van der Waals surface area contributed by atoms with Crippen LogP contribution in [0.5, 0.6) is 0 Å². The molecule has 5 rings (SSSR count). The van der Waals surface area contributed by atoms with Gasteiger partial charge in [-0.15, -0.1) is 0 Å². The van der Waals surface area contributed by atoms with E-state index in [1.54, 1.807) is 35.2 Å². The summed E-state index contributed by atoms with van der Waals surface area (Å²) in [6.07, 6.45) is 5.15. The van der Waals surface area contributed by atoms with E-state index in [0.717, 1.165) is 11.3 Å². The summed E-state index contributed by atoms with van der Waals surface area (Å²) in [6, 6.07) is 11.7. The summed E-state index contributed by atoms with van der Waals surface area (Å²) >= 11 is 0. The Labute approximate surface area is 174 Å². The molecular weight excluding hydrogens is 385 g/mol. The molecule has 3 aliphatic heterocycles. The molecular formula is C23H22FN3O3. The number of hydrogen-bond acceptors (Lipinski definition) is 4. The highest BCUT2D eigenvalue weighted by atomic mass is 19.1. The first-order chi connectivity index (χ1) is 14.5. The van der Waals surface area contributed by atoms with E-state index in [1.807, 2.05) is 30.4 Å². The Morgan fingerprint density at radius 2 is 2.10 bits per heavy atom. The number of carbonyl (C=O) groups is 2. The molecule has 1 aromatic heterocycles. The normalized spacial score (nSPS) is 28.8. The van der Waals surface area contributed by atoms with Crippen molar-refractivity contribution < 1.29 is 18.7 Å². The Bertz CT molecular complexity index is 1010. The lowest BCUT2D eigenvalue weighted by Crippen LogP contribution is -2.44. The maximum absolute atomic E-state index is 13.3. The highest BCUT2D eigenvalue weighted by Gasteiger charge is 2.67. The zero-order valence-corrected chi connectivity index (χ0v) is 16.6. The smallest absolute Gasteiger partial charge is 0.230 e. The molecule has 3 aliphatic rings. The van der Waals surface area contributed by atoms with Crippen LogP contribution in [0.2, 0.25) is 0 Å². The number of likely N-dealkylation sites (tertiary alicyclic amines) is 1. The SMILES string of the molecule is CN(Cc1ccccn1)C(=O)[C@H]1[C@@H]2C=C[C@@]3(CN(Cc4ccc(F)cc4)C(=O)[C@H]13)O2. The molecule has 0 saturated carbocycles. The summed E-state index contributed by atoms with van der Waals surface area (Å²) in [5.74, 6) is -1.59. The van der Waals surface area contributed by atoms with Crippen LogP contribution >= 0.6 is 0 Å². The minimum Gasteiger partial charge on any atom is -0.360 e. The second-order valence-corrected chi connectivity index (χ2v) is 8.24. The van der Waals surface area contributed by atoms with E-state index in [-0.39, 0.29) is 23.7 Å². The third-order valence-electron chi connectivity index (χ3n) is 6.25. The van der Waals surface area contributed by atoms with E-state index in [9.17, 15) is 14.0 Å². The van der Waals surface area contributed by atoms with Gasteiger partial charge in [-0.3, -0.25) is 14.6 Å². The molecule has 0 radical (unpaired) electrons. The van der Waals surface area contributed by atoms with Gasteiger partial charge in [0, 0.05) is 19.8 Å². The number of carbonyl (C=O) groups excluding carboxylic acids is 2. The number of aromatic nitrogens is 1. The number of rotatable bonds is 5. The topological polar surface area (TPSA) is 62.7 Å². The molecule has 0 N–H and O–H groups in total. The van der Waals surface area contributed by atoms with Gasteiger partial charge in [-0.1, -0.05) is 30.4 Å². The minimum absolute atomic E-state index is 0.0873. The number of amides is 2. The fourth-order valence-electron chi connectivity index (χ4n) is 4.87. The average molecular weight is 407 g/mol. The Kier molecular flexibility index (Phi) is 4.43. The van der Waals surface area contributed by atoms with Gasteiger partial charge in [0.1, 0.15) is 11.4 Å². The summed E-state index contributed by atoms with van der Waals surface area (Å²) in [6.45, 7) is 1.14. The van der Waals surface area contributed by atoms with E-state index in [2.05, 4.69) is 4.98 Å². The molecule has 2 saturated heterocycles. The number of fused-ring (bicyclic) bond motifs is 1. The van der Waals surface area contributed by atoms with E-state index in [0.29, 0.717) is 19.6 Å². The first-order valence-corrected chi connectivity index (χ1v) is 10.0. The number of pyridine rings is 1. The summed E-state index contributed by atoms with van der Waals surface area (Å²) in [4.78, 5) is 34.2. The van der Waals surface area contributed by atoms with Crippen LogP contribution in [0.3, 0.4) is 0 Å². The fourth-order valence-corrected chi connectivity index (χ4v) is 4.87. The number of benzene rings is 1. The van der Waals surface area contributed by atoms with Crippen LogP contribution < -0.4 is 0 Å². The third kappa shape index (κ3) is 3.01. The Balaban J connectivity index is 1.35. The lowest BCUT2D eigenvalue weighted by molar-refractivity contribution is -0.142. The average Bonchev–Trinajstić information content (AvgIpc) is 3.38. The van der Waals surface area contributed by atoms with Gasteiger partial charge in [-0.2, -0.15) is 0 Å². The summed E-state index contributed by atoms with van der Waals surface area (Å²) in [7, 11) is 1.73. The highest BCUT2D eigenvalue weighted by Crippen LogP contribution is 2.52. The molecule has 0 aliphatic carbocycles. The van der Waals surface area contributed by atoms with Crippen LogP contribution in [-0.2, 0) is 27.4 Å². The van der Waals surface area contributed by atoms with Crippen molar-refractivity contribution in [2.45, 2.75) is 24.8 Å². The largest absolute Gasteiger partial charge is 0.360 e. The predicted molar refractivity (Wildman–Crippen MR) is 106 cm³/mol. The van der Waals surface area contributed by atoms with Gasteiger partial charge in [-0.25, -0.2) is 4.39 Å². The monoisotopic (exact) mass is 407 g/mol. The Morgan fingerprint density at radius 3 is 2.83 bits per heavy atom. The second-order valence-electron chi connectivity index (χ2n) is 8.24. The van der Waals surface area contributed by atoms with Crippen molar-refractivity contribution >= 4 is 11.8 Å². The molecule has 2 fully saturated rings. The molecule has 6 nitrogen and oxygen atoms in total. The molecule has 4 heterocycles. The van der Waals surface area contributed by atoms with Gasteiger partial charge in [0.05, 0.1) is 36.7 Å². The number of nitrogens with zero attached hydrogens (tertiary/aromatic N) is 3. The molecule has 4 atom stereocenters. The number of hydrogen-bond donors (Lipinski definition) is 0. The summed E-state index contributed by atoms with van der Waals surface area (Å²) in [5, 5.41) is 0. The first-order valence-electron chi connectivity index (χ1n) is 10.0. The molecule has 2 bridgehead atoms. The van der Waals surface area contributed by atoms with Crippen molar-refractivity contribution in [2.75, 3.05) is 13.6 Å². The maximum atomic E-state index is 13.3. The highest BCUT2D eigenvalue weighted by molar-refractivity contribution is 5.93. The van der Waals surface area contributed by atoms with Crippen molar-refractivity contribution in [3.63, 3.8) is 0 Å². The van der Waals surface area contributed by atoms with Crippen LogP contribution in [0, 0.1) is 17.7 Å². The van der Waals surface area contributed by atoms with Crippen molar-refractivity contribution in [2.24, 2.45) is 11.8 Å². The predicted octanol–water partition coefficient (Wildman–Crippen LogP) is 2.16. The molecule has 30 heavy (non-hydrogen) atoms. The van der Waals surface area contributed by atoms with Crippen LogP contribution in [0.1, 0.15) is 11.3 Å². The van der Waals surface area contributed by atoms with Gasteiger partial charge in [0.2, 0.25) is 11.8 Å². The maximum Gasteiger partial charge on any atom is 0.230 e. The standard InChI is InChI=1S/C23H22FN3O3/c1-26(13-17-4-2-3-11-25-17)21(28)19-18-9-10-23(30-18)14-27(22(29)20(19)23)12-15-5-7-16(24)8-6-15/h2-11,18-20H,12-14H2,1H3/t18-,19-,20-,23-/m0/s1. The second kappa shape index (κ2) is 7.02. The van der Waals surface area contributed by atoms with Gasteiger partial charge >= 0.3 is 0 Å². The number of ether oxygens (including phenoxy) is 1.